The van der Waals surface area contributed by atoms with Gasteiger partial charge in [-0.1, -0.05) is 0 Å². The van der Waals surface area contributed by atoms with Crippen molar-refractivity contribution in [1.29, 1.82) is 0 Å². The lowest BCUT2D eigenvalue weighted by Crippen LogP contribution is -2.42. The number of benzene rings is 1. The normalized spacial score (nSPS) is 28.3. The fourth-order valence-electron chi connectivity index (χ4n) is 2.26. The third kappa shape index (κ3) is 3.75. The maximum atomic E-state index is 12.8. The molecule has 0 aliphatic heterocycles. The highest BCUT2D eigenvalue weighted by atomic mass is 32.2. The molecule has 0 saturated heterocycles. The third-order valence-electron chi connectivity index (χ3n) is 3.51. The summed E-state index contributed by atoms with van der Waals surface area (Å²) in [7, 11) is -3.61. The van der Waals surface area contributed by atoms with Gasteiger partial charge in [-0.05, 0) is 56.9 Å². The van der Waals surface area contributed by atoms with Crippen molar-refractivity contribution in [2.24, 2.45) is 0 Å². The van der Waals surface area contributed by atoms with Crippen LogP contribution in [0.2, 0.25) is 0 Å². The second-order valence-electron chi connectivity index (χ2n) is 5.35. The van der Waals surface area contributed by atoms with Crippen LogP contribution in [0.15, 0.2) is 29.2 Å². The van der Waals surface area contributed by atoms with E-state index in [2.05, 4.69) is 4.72 Å². The summed E-state index contributed by atoms with van der Waals surface area (Å²) in [6.07, 6.45) is 2.36. The van der Waals surface area contributed by atoms with Crippen LogP contribution in [0, 0.1) is 5.82 Å². The zero-order valence-corrected chi connectivity index (χ0v) is 11.6. The van der Waals surface area contributed by atoms with Gasteiger partial charge in [-0.2, -0.15) is 0 Å². The minimum atomic E-state index is -3.61. The number of nitrogens with one attached hydrogen (secondary N) is 1. The molecule has 1 aliphatic carbocycles. The van der Waals surface area contributed by atoms with Crippen molar-refractivity contribution >= 4 is 10.0 Å². The molecule has 2 N–H and O–H groups in total. The highest BCUT2D eigenvalue weighted by molar-refractivity contribution is 7.89. The number of rotatable bonds is 3. The summed E-state index contributed by atoms with van der Waals surface area (Å²) in [5.74, 6) is -0.465. The molecule has 0 spiro atoms. The SMILES string of the molecule is C[C@]1(O)CC[C@@H](NS(=O)(=O)c2ccc(F)cc2)CC1. The van der Waals surface area contributed by atoms with E-state index >= 15 is 0 Å². The fourth-order valence-corrected chi connectivity index (χ4v) is 3.56. The lowest BCUT2D eigenvalue weighted by molar-refractivity contribution is 0.0163. The Kier molecular flexibility index (Phi) is 3.94. The summed E-state index contributed by atoms with van der Waals surface area (Å²) < 4.78 is 39.5. The van der Waals surface area contributed by atoms with Gasteiger partial charge in [-0.3, -0.25) is 0 Å². The molecule has 0 amide bonds. The van der Waals surface area contributed by atoms with Gasteiger partial charge in [0.1, 0.15) is 5.82 Å². The Morgan fingerprint density at radius 3 is 2.32 bits per heavy atom. The summed E-state index contributed by atoms with van der Waals surface area (Å²) >= 11 is 0. The highest BCUT2D eigenvalue weighted by Gasteiger charge is 2.30. The van der Waals surface area contributed by atoms with E-state index in [0.29, 0.717) is 25.7 Å². The quantitative estimate of drug-likeness (QED) is 0.891. The van der Waals surface area contributed by atoms with Gasteiger partial charge in [0.15, 0.2) is 0 Å². The Balaban J connectivity index is 2.04. The molecular formula is C13H18FNO3S. The Hall–Kier alpha value is -0.980. The number of aliphatic hydroxyl groups is 1. The standard InChI is InChI=1S/C13H18FNO3S/c1-13(16)8-6-11(7-9-13)15-19(17,18)12-4-2-10(14)3-5-12/h2-5,11,15-16H,6-9H2,1H3/t11-,13+. The molecule has 106 valence electrons. The molecule has 6 heteroatoms. The fraction of sp³-hybridized carbons (Fsp3) is 0.538. The molecule has 1 aliphatic rings. The number of sulfonamides is 1. The van der Waals surface area contributed by atoms with Crippen LogP contribution in [0.3, 0.4) is 0 Å². The second-order valence-corrected chi connectivity index (χ2v) is 7.06. The first-order valence-corrected chi connectivity index (χ1v) is 7.77. The predicted molar refractivity (Wildman–Crippen MR) is 69.6 cm³/mol. The first-order valence-electron chi connectivity index (χ1n) is 6.29. The minimum Gasteiger partial charge on any atom is -0.390 e. The number of hydrogen-bond donors (Lipinski definition) is 2. The van der Waals surface area contributed by atoms with Gasteiger partial charge in [0, 0.05) is 6.04 Å². The van der Waals surface area contributed by atoms with Gasteiger partial charge < -0.3 is 5.11 Å². The van der Waals surface area contributed by atoms with Crippen LogP contribution in [0.25, 0.3) is 0 Å². The minimum absolute atomic E-state index is 0.0613. The van der Waals surface area contributed by atoms with Crippen LogP contribution in [0.4, 0.5) is 4.39 Å². The molecule has 4 nitrogen and oxygen atoms in total. The van der Waals surface area contributed by atoms with E-state index in [1.54, 1.807) is 6.92 Å². The molecule has 0 aromatic heterocycles. The molecule has 1 saturated carbocycles. The Labute approximate surface area is 112 Å². The van der Waals surface area contributed by atoms with Gasteiger partial charge >= 0.3 is 0 Å². The first kappa shape index (κ1) is 14.4. The monoisotopic (exact) mass is 287 g/mol. The van der Waals surface area contributed by atoms with Crippen molar-refractivity contribution in [2.75, 3.05) is 0 Å². The molecule has 1 fully saturated rings. The third-order valence-corrected chi connectivity index (χ3v) is 5.04. The van der Waals surface area contributed by atoms with Crippen molar-refractivity contribution < 1.29 is 17.9 Å². The predicted octanol–water partition coefficient (Wildman–Crippen LogP) is 1.80. The topological polar surface area (TPSA) is 66.4 Å². The molecule has 2 rings (SSSR count). The van der Waals surface area contributed by atoms with E-state index in [1.807, 2.05) is 0 Å². The van der Waals surface area contributed by atoms with Crippen LogP contribution < -0.4 is 4.72 Å². The zero-order valence-electron chi connectivity index (χ0n) is 10.8. The van der Waals surface area contributed by atoms with Crippen molar-refractivity contribution in [3.63, 3.8) is 0 Å². The second kappa shape index (κ2) is 5.19. The van der Waals surface area contributed by atoms with Crippen LogP contribution in [-0.4, -0.2) is 25.2 Å². The van der Waals surface area contributed by atoms with E-state index in [-0.39, 0.29) is 10.9 Å². The Morgan fingerprint density at radius 1 is 1.26 bits per heavy atom. The van der Waals surface area contributed by atoms with Crippen LogP contribution in [-0.2, 0) is 10.0 Å². The highest BCUT2D eigenvalue weighted by Crippen LogP contribution is 2.28. The van der Waals surface area contributed by atoms with Crippen molar-refractivity contribution in [2.45, 2.75) is 49.1 Å². The lowest BCUT2D eigenvalue weighted by atomic mass is 9.84. The van der Waals surface area contributed by atoms with E-state index in [1.165, 1.54) is 12.1 Å². The van der Waals surface area contributed by atoms with Crippen LogP contribution in [0.5, 0.6) is 0 Å². The summed E-state index contributed by atoms with van der Waals surface area (Å²) in [5, 5.41) is 9.82. The van der Waals surface area contributed by atoms with Gasteiger partial charge in [0.25, 0.3) is 0 Å². The van der Waals surface area contributed by atoms with Gasteiger partial charge in [-0.15, -0.1) is 0 Å². The molecule has 19 heavy (non-hydrogen) atoms. The summed E-state index contributed by atoms with van der Waals surface area (Å²) in [5.41, 5.74) is -0.697. The molecule has 1 aromatic carbocycles. The summed E-state index contributed by atoms with van der Waals surface area (Å²) in [6, 6.07) is 4.57. The van der Waals surface area contributed by atoms with Gasteiger partial charge in [0.05, 0.1) is 10.5 Å². The molecule has 0 radical (unpaired) electrons. The number of hydrogen-bond acceptors (Lipinski definition) is 3. The Bertz CT molecular complexity index is 530. The van der Waals surface area contributed by atoms with Gasteiger partial charge in [-0.25, -0.2) is 17.5 Å². The number of halogens is 1. The molecule has 0 unspecified atom stereocenters. The van der Waals surface area contributed by atoms with Crippen molar-refractivity contribution in [3.8, 4) is 0 Å². The Morgan fingerprint density at radius 2 is 1.79 bits per heavy atom. The molecule has 1 aromatic rings. The lowest BCUT2D eigenvalue weighted by Gasteiger charge is -2.33. The average Bonchev–Trinajstić information content (AvgIpc) is 2.32. The smallest absolute Gasteiger partial charge is 0.240 e. The van der Waals surface area contributed by atoms with Crippen molar-refractivity contribution in [3.05, 3.63) is 30.1 Å². The van der Waals surface area contributed by atoms with E-state index < -0.39 is 21.4 Å². The summed E-state index contributed by atoms with van der Waals surface area (Å²) in [4.78, 5) is 0.0613. The van der Waals surface area contributed by atoms with E-state index in [0.717, 1.165) is 12.1 Å². The molecule has 0 heterocycles. The molecule has 0 atom stereocenters. The molecule has 0 bridgehead atoms. The molecular weight excluding hydrogens is 269 g/mol. The maximum absolute atomic E-state index is 12.8. The largest absolute Gasteiger partial charge is 0.390 e. The van der Waals surface area contributed by atoms with Crippen molar-refractivity contribution in [1.82, 2.24) is 4.72 Å². The van der Waals surface area contributed by atoms with Crippen LogP contribution in [0.1, 0.15) is 32.6 Å². The van der Waals surface area contributed by atoms with Crippen LogP contribution >= 0.6 is 0 Å². The average molecular weight is 287 g/mol. The zero-order chi connectivity index (χ0) is 14.1. The van der Waals surface area contributed by atoms with Gasteiger partial charge in [0.2, 0.25) is 10.0 Å². The first-order chi connectivity index (χ1) is 8.78. The van der Waals surface area contributed by atoms with E-state index in [9.17, 15) is 17.9 Å². The summed E-state index contributed by atoms with van der Waals surface area (Å²) in [6.45, 7) is 1.76. The maximum Gasteiger partial charge on any atom is 0.240 e. The van der Waals surface area contributed by atoms with E-state index in [4.69, 9.17) is 0 Å².